The van der Waals surface area contributed by atoms with Gasteiger partial charge in [0.15, 0.2) is 0 Å². The standard InChI is InChI=1S/C20H27N3O2/c1-14(2)25-18-10-7-16(8-11-18)6-5-15(3)23-20(24)17-9-12-19(21-4)22-13-17/h7-15H,5-6H2,1-4H3,(H,21,22)(H,23,24)/t15-/m1/s1. The molecule has 2 aromatic rings. The number of hydrogen-bond acceptors (Lipinski definition) is 4. The average Bonchev–Trinajstić information content (AvgIpc) is 2.60. The minimum absolute atomic E-state index is 0.0862. The van der Waals surface area contributed by atoms with Crippen molar-refractivity contribution >= 4 is 11.7 Å². The molecule has 0 spiro atoms. The van der Waals surface area contributed by atoms with Crippen LogP contribution in [0.25, 0.3) is 0 Å². The van der Waals surface area contributed by atoms with Crippen LogP contribution in [-0.4, -0.2) is 30.1 Å². The van der Waals surface area contributed by atoms with E-state index in [2.05, 4.69) is 27.8 Å². The Morgan fingerprint density at radius 1 is 1.12 bits per heavy atom. The number of carbonyl (C=O) groups is 1. The van der Waals surface area contributed by atoms with Gasteiger partial charge in [-0.2, -0.15) is 0 Å². The van der Waals surface area contributed by atoms with Crippen molar-refractivity contribution in [2.24, 2.45) is 0 Å². The van der Waals surface area contributed by atoms with Crippen molar-refractivity contribution in [3.63, 3.8) is 0 Å². The second-order valence-corrected chi connectivity index (χ2v) is 6.41. The number of carbonyl (C=O) groups excluding carboxylic acids is 1. The predicted molar refractivity (Wildman–Crippen MR) is 101 cm³/mol. The second-order valence-electron chi connectivity index (χ2n) is 6.41. The minimum Gasteiger partial charge on any atom is -0.491 e. The molecule has 0 unspecified atom stereocenters. The lowest BCUT2D eigenvalue weighted by Gasteiger charge is -2.14. The first-order valence-electron chi connectivity index (χ1n) is 8.68. The van der Waals surface area contributed by atoms with Crippen LogP contribution in [0.1, 0.15) is 43.1 Å². The van der Waals surface area contributed by atoms with Crippen LogP contribution in [0.4, 0.5) is 5.82 Å². The summed E-state index contributed by atoms with van der Waals surface area (Å²) in [5, 5.41) is 5.95. The molecule has 5 nitrogen and oxygen atoms in total. The Hall–Kier alpha value is -2.56. The molecule has 5 heteroatoms. The highest BCUT2D eigenvalue weighted by atomic mass is 16.5. The molecule has 0 saturated heterocycles. The van der Waals surface area contributed by atoms with Crippen molar-refractivity contribution in [2.75, 3.05) is 12.4 Å². The zero-order chi connectivity index (χ0) is 18.2. The molecule has 0 aliphatic heterocycles. The molecule has 1 heterocycles. The van der Waals surface area contributed by atoms with Crippen LogP contribution in [0.2, 0.25) is 0 Å². The van der Waals surface area contributed by atoms with Gasteiger partial charge in [-0.3, -0.25) is 4.79 Å². The lowest BCUT2D eigenvalue weighted by Crippen LogP contribution is -2.32. The molecule has 0 radical (unpaired) electrons. The summed E-state index contributed by atoms with van der Waals surface area (Å²) < 4.78 is 5.65. The highest BCUT2D eigenvalue weighted by Gasteiger charge is 2.10. The molecule has 1 aromatic heterocycles. The van der Waals surface area contributed by atoms with Crippen molar-refractivity contribution in [3.8, 4) is 5.75 Å². The van der Waals surface area contributed by atoms with Gasteiger partial charge >= 0.3 is 0 Å². The van der Waals surface area contributed by atoms with Crippen LogP contribution >= 0.6 is 0 Å². The third kappa shape index (κ3) is 6.10. The summed E-state index contributed by atoms with van der Waals surface area (Å²) in [4.78, 5) is 16.4. The number of nitrogens with zero attached hydrogens (tertiary/aromatic N) is 1. The molecule has 134 valence electrons. The Bertz CT molecular complexity index is 666. The van der Waals surface area contributed by atoms with Crippen LogP contribution < -0.4 is 15.4 Å². The maximum atomic E-state index is 12.2. The lowest BCUT2D eigenvalue weighted by molar-refractivity contribution is 0.0938. The topological polar surface area (TPSA) is 63.2 Å². The van der Waals surface area contributed by atoms with Crippen molar-refractivity contribution < 1.29 is 9.53 Å². The number of pyridine rings is 1. The number of hydrogen-bond donors (Lipinski definition) is 2. The highest BCUT2D eigenvalue weighted by Crippen LogP contribution is 2.15. The lowest BCUT2D eigenvalue weighted by atomic mass is 10.1. The summed E-state index contributed by atoms with van der Waals surface area (Å²) in [5.74, 6) is 1.54. The molecule has 1 atom stereocenters. The number of nitrogens with one attached hydrogen (secondary N) is 2. The normalized spacial score (nSPS) is 11.9. The molecule has 2 rings (SSSR count). The van der Waals surface area contributed by atoms with Gasteiger partial charge in [0.2, 0.25) is 0 Å². The molecular weight excluding hydrogens is 314 g/mol. The van der Waals surface area contributed by atoms with E-state index < -0.39 is 0 Å². The number of rotatable bonds is 8. The van der Waals surface area contributed by atoms with Crippen molar-refractivity contribution in [1.82, 2.24) is 10.3 Å². The zero-order valence-corrected chi connectivity index (χ0v) is 15.4. The van der Waals surface area contributed by atoms with Crippen molar-refractivity contribution in [2.45, 2.75) is 45.8 Å². The second kappa shape index (κ2) is 9.06. The molecule has 0 saturated carbocycles. The molecule has 25 heavy (non-hydrogen) atoms. The molecule has 0 fully saturated rings. The summed E-state index contributed by atoms with van der Waals surface area (Å²) in [6.45, 7) is 6.05. The highest BCUT2D eigenvalue weighted by molar-refractivity contribution is 5.94. The quantitative estimate of drug-likeness (QED) is 0.769. The minimum atomic E-state index is -0.0941. The fourth-order valence-corrected chi connectivity index (χ4v) is 2.45. The first kappa shape index (κ1) is 18.8. The van der Waals surface area contributed by atoms with Gasteiger partial charge < -0.3 is 15.4 Å². The molecule has 0 aliphatic rings. The fraction of sp³-hybridized carbons (Fsp3) is 0.400. The Morgan fingerprint density at radius 3 is 2.40 bits per heavy atom. The number of amides is 1. The average molecular weight is 341 g/mol. The number of aromatic nitrogens is 1. The Labute approximate surface area is 149 Å². The number of aryl methyl sites for hydroxylation is 1. The predicted octanol–water partition coefficient (Wildman–Crippen LogP) is 3.66. The SMILES string of the molecule is CNc1ccc(C(=O)N[C@H](C)CCc2ccc(OC(C)C)cc2)cn1. The molecule has 0 bridgehead atoms. The van der Waals surface area contributed by atoms with E-state index in [1.165, 1.54) is 5.56 Å². The number of ether oxygens (including phenoxy) is 1. The van der Waals surface area contributed by atoms with E-state index in [-0.39, 0.29) is 18.1 Å². The summed E-state index contributed by atoms with van der Waals surface area (Å²) in [6, 6.07) is 11.8. The summed E-state index contributed by atoms with van der Waals surface area (Å²) in [6.07, 6.45) is 3.54. The van der Waals surface area contributed by atoms with E-state index in [1.807, 2.05) is 32.9 Å². The van der Waals surface area contributed by atoms with E-state index in [9.17, 15) is 4.79 Å². The van der Waals surface area contributed by atoms with Crippen LogP contribution in [0, 0.1) is 0 Å². The van der Waals surface area contributed by atoms with E-state index in [0.717, 1.165) is 24.4 Å². The van der Waals surface area contributed by atoms with Crippen LogP contribution in [-0.2, 0) is 6.42 Å². The Balaban J connectivity index is 1.81. The van der Waals surface area contributed by atoms with Gasteiger partial charge in [0.25, 0.3) is 5.91 Å². The van der Waals surface area contributed by atoms with Crippen molar-refractivity contribution in [3.05, 3.63) is 53.7 Å². The van der Waals surface area contributed by atoms with E-state index >= 15 is 0 Å². The summed E-state index contributed by atoms with van der Waals surface area (Å²) >= 11 is 0. The van der Waals surface area contributed by atoms with Crippen molar-refractivity contribution in [1.29, 1.82) is 0 Å². The van der Waals surface area contributed by atoms with E-state index in [1.54, 1.807) is 25.4 Å². The first-order chi connectivity index (χ1) is 12.0. The van der Waals surface area contributed by atoms with Crippen LogP contribution in [0.15, 0.2) is 42.6 Å². The van der Waals surface area contributed by atoms with Gasteiger partial charge in [-0.1, -0.05) is 12.1 Å². The summed E-state index contributed by atoms with van der Waals surface area (Å²) in [7, 11) is 1.80. The smallest absolute Gasteiger partial charge is 0.253 e. The fourth-order valence-electron chi connectivity index (χ4n) is 2.45. The Kier molecular flexibility index (Phi) is 6.81. The van der Waals surface area contributed by atoms with Gasteiger partial charge in [-0.15, -0.1) is 0 Å². The molecule has 2 N–H and O–H groups in total. The maximum Gasteiger partial charge on any atom is 0.253 e. The van der Waals surface area contributed by atoms with Gasteiger partial charge in [-0.25, -0.2) is 4.98 Å². The molecule has 0 aliphatic carbocycles. The monoisotopic (exact) mass is 341 g/mol. The first-order valence-corrected chi connectivity index (χ1v) is 8.68. The van der Waals surface area contributed by atoms with E-state index in [0.29, 0.717) is 5.56 Å². The maximum absolute atomic E-state index is 12.2. The van der Waals surface area contributed by atoms with Gasteiger partial charge in [0.1, 0.15) is 11.6 Å². The Morgan fingerprint density at radius 2 is 1.84 bits per heavy atom. The summed E-state index contributed by atoms with van der Waals surface area (Å²) in [5.41, 5.74) is 1.80. The van der Waals surface area contributed by atoms with Gasteiger partial charge in [0, 0.05) is 19.3 Å². The zero-order valence-electron chi connectivity index (χ0n) is 15.4. The largest absolute Gasteiger partial charge is 0.491 e. The van der Waals surface area contributed by atoms with Crippen LogP contribution in [0.5, 0.6) is 5.75 Å². The molecule has 1 aromatic carbocycles. The number of benzene rings is 1. The molecular formula is C20H27N3O2. The van der Waals surface area contributed by atoms with E-state index in [4.69, 9.17) is 4.74 Å². The third-order valence-electron chi connectivity index (χ3n) is 3.82. The van der Waals surface area contributed by atoms with Crippen LogP contribution in [0.3, 0.4) is 0 Å². The third-order valence-corrected chi connectivity index (χ3v) is 3.82. The molecule has 1 amide bonds. The van der Waals surface area contributed by atoms with Gasteiger partial charge in [0.05, 0.1) is 11.7 Å². The van der Waals surface area contributed by atoms with Gasteiger partial charge in [-0.05, 0) is 63.4 Å². The number of anilines is 1.